The van der Waals surface area contributed by atoms with E-state index in [4.69, 9.17) is 5.11 Å². The monoisotopic (exact) mass is 230 g/mol. The fraction of sp³-hybridized carbons (Fsp3) is 1.00. The van der Waals surface area contributed by atoms with Crippen LogP contribution in [0.2, 0.25) is 0 Å². The third-order valence-corrected chi connectivity index (χ3v) is 2.79. The Kier molecular flexibility index (Phi) is 11.3. The van der Waals surface area contributed by atoms with Crippen LogP contribution in [0, 0.1) is 0 Å². The lowest BCUT2D eigenvalue weighted by Crippen LogP contribution is -2.33. The molecule has 3 nitrogen and oxygen atoms in total. The molecule has 0 heterocycles. The molecule has 0 radical (unpaired) electrons. The van der Waals surface area contributed by atoms with Gasteiger partial charge in [-0.05, 0) is 46.4 Å². The molecule has 1 N–H and O–H groups in total. The number of nitrogens with zero attached hydrogens (tertiary/aromatic N) is 2. The van der Waals surface area contributed by atoms with Gasteiger partial charge < -0.3 is 14.9 Å². The summed E-state index contributed by atoms with van der Waals surface area (Å²) in [6, 6.07) is 0. The topological polar surface area (TPSA) is 26.7 Å². The molecule has 0 aromatic heterocycles. The number of aliphatic hydroxyl groups excluding tert-OH is 1. The molecule has 0 aliphatic carbocycles. The predicted molar refractivity (Wildman–Crippen MR) is 70.8 cm³/mol. The van der Waals surface area contributed by atoms with Crippen molar-refractivity contribution in [2.75, 3.05) is 46.9 Å². The van der Waals surface area contributed by atoms with Crippen molar-refractivity contribution in [2.45, 2.75) is 39.0 Å². The number of rotatable bonds is 11. The summed E-state index contributed by atoms with van der Waals surface area (Å²) in [6.45, 7) is 7.35. The maximum atomic E-state index is 8.69. The minimum atomic E-state index is 0.347. The van der Waals surface area contributed by atoms with Gasteiger partial charge in [0.15, 0.2) is 0 Å². The van der Waals surface area contributed by atoms with Crippen LogP contribution in [-0.2, 0) is 0 Å². The van der Waals surface area contributed by atoms with Gasteiger partial charge >= 0.3 is 0 Å². The molecule has 98 valence electrons. The SMILES string of the molecule is CCCN(CCCCCCO)CCN(C)C. The Morgan fingerprint density at radius 3 is 2.06 bits per heavy atom. The van der Waals surface area contributed by atoms with E-state index in [9.17, 15) is 0 Å². The normalized spacial score (nSPS) is 11.6. The van der Waals surface area contributed by atoms with Gasteiger partial charge in [-0.1, -0.05) is 19.8 Å². The van der Waals surface area contributed by atoms with E-state index in [1.165, 1.54) is 45.3 Å². The summed E-state index contributed by atoms with van der Waals surface area (Å²) >= 11 is 0. The molecule has 0 aliphatic rings. The lowest BCUT2D eigenvalue weighted by atomic mass is 10.2. The Labute approximate surface area is 101 Å². The van der Waals surface area contributed by atoms with Crippen molar-refractivity contribution in [3.05, 3.63) is 0 Å². The van der Waals surface area contributed by atoms with Crippen LogP contribution < -0.4 is 0 Å². The molecule has 0 aliphatic heterocycles. The summed E-state index contributed by atoms with van der Waals surface area (Å²) in [4.78, 5) is 4.80. The van der Waals surface area contributed by atoms with Crippen molar-refractivity contribution < 1.29 is 5.11 Å². The van der Waals surface area contributed by atoms with Crippen molar-refractivity contribution in [1.29, 1.82) is 0 Å². The molecule has 0 aromatic rings. The maximum Gasteiger partial charge on any atom is 0.0431 e. The second-order valence-electron chi connectivity index (χ2n) is 4.78. The first-order valence-electron chi connectivity index (χ1n) is 6.68. The van der Waals surface area contributed by atoms with Gasteiger partial charge in [0, 0.05) is 19.7 Å². The first-order valence-corrected chi connectivity index (χ1v) is 6.68. The molecule has 0 spiro atoms. The standard InChI is InChI=1S/C13H30N2O/c1-4-9-15(12-11-14(2)3)10-7-5-6-8-13-16/h16H,4-13H2,1-3H3. The van der Waals surface area contributed by atoms with Crippen LogP contribution >= 0.6 is 0 Å². The van der Waals surface area contributed by atoms with Gasteiger partial charge in [0.25, 0.3) is 0 Å². The highest BCUT2D eigenvalue weighted by molar-refractivity contribution is 4.59. The zero-order valence-corrected chi connectivity index (χ0v) is 11.4. The van der Waals surface area contributed by atoms with Crippen molar-refractivity contribution in [3.8, 4) is 0 Å². The molecule has 0 saturated carbocycles. The van der Waals surface area contributed by atoms with Crippen LogP contribution in [-0.4, -0.2) is 61.8 Å². The molecular weight excluding hydrogens is 200 g/mol. The fourth-order valence-corrected chi connectivity index (χ4v) is 1.79. The van der Waals surface area contributed by atoms with Gasteiger partial charge in [0.2, 0.25) is 0 Å². The lowest BCUT2D eigenvalue weighted by molar-refractivity contribution is 0.234. The predicted octanol–water partition coefficient (Wildman–Crippen LogP) is 1.81. The molecule has 0 atom stereocenters. The quantitative estimate of drug-likeness (QED) is 0.548. The van der Waals surface area contributed by atoms with Crippen LogP contribution in [0.5, 0.6) is 0 Å². The summed E-state index contributed by atoms with van der Waals surface area (Å²) in [5, 5.41) is 8.69. The summed E-state index contributed by atoms with van der Waals surface area (Å²) in [6.07, 6.45) is 5.90. The van der Waals surface area contributed by atoms with E-state index in [1.807, 2.05) is 0 Å². The molecule has 0 saturated heterocycles. The van der Waals surface area contributed by atoms with E-state index < -0.39 is 0 Å². The van der Waals surface area contributed by atoms with Crippen LogP contribution in [0.3, 0.4) is 0 Å². The van der Waals surface area contributed by atoms with Crippen LogP contribution in [0.15, 0.2) is 0 Å². The molecule has 0 aromatic carbocycles. The molecule has 0 bridgehead atoms. The first kappa shape index (κ1) is 15.9. The third kappa shape index (κ3) is 10.4. The molecule has 0 fully saturated rings. The Balaban J connectivity index is 3.51. The Hall–Kier alpha value is -0.120. The zero-order valence-electron chi connectivity index (χ0n) is 11.4. The van der Waals surface area contributed by atoms with Crippen LogP contribution in [0.4, 0.5) is 0 Å². The lowest BCUT2D eigenvalue weighted by Gasteiger charge is -2.23. The smallest absolute Gasteiger partial charge is 0.0431 e. The number of hydrogen-bond donors (Lipinski definition) is 1. The van der Waals surface area contributed by atoms with E-state index in [1.54, 1.807) is 0 Å². The third-order valence-electron chi connectivity index (χ3n) is 2.79. The van der Waals surface area contributed by atoms with Crippen LogP contribution in [0.1, 0.15) is 39.0 Å². The number of unbranched alkanes of at least 4 members (excludes halogenated alkanes) is 3. The van der Waals surface area contributed by atoms with Crippen LogP contribution in [0.25, 0.3) is 0 Å². The molecule has 3 heteroatoms. The van der Waals surface area contributed by atoms with Crippen molar-refractivity contribution in [2.24, 2.45) is 0 Å². The largest absolute Gasteiger partial charge is 0.396 e. The molecular formula is C13H30N2O. The first-order chi connectivity index (χ1) is 7.70. The summed E-state index contributed by atoms with van der Waals surface area (Å²) < 4.78 is 0. The zero-order chi connectivity index (χ0) is 12.2. The number of likely N-dealkylation sites (N-methyl/N-ethyl adjacent to an activating group) is 1. The van der Waals surface area contributed by atoms with Gasteiger partial charge in [0.1, 0.15) is 0 Å². The summed E-state index contributed by atoms with van der Waals surface area (Å²) in [5.41, 5.74) is 0. The molecule has 0 amide bonds. The van der Waals surface area contributed by atoms with E-state index in [-0.39, 0.29) is 0 Å². The van der Waals surface area contributed by atoms with Crippen molar-refractivity contribution in [3.63, 3.8) is 0 Å². The highest BCUT2D eigenvalue weighted by Crippen LogP contribution is 2.02. The highest BCUT2D eigenvalue weighted by Gasteiger charge is 2.03. The minimum Gasteiger partial charge on any atom is -0.396 e. The molecule has 0 unspecified atom stereocenters. The highest BCUT2D eigenvalue weighted by atomic mass is 16.2. The van der Waals surface area contributed by atoms with Crippen molar-refractivity contribution >= 4 is 0 Å². The summed E-state index contributed by atoms with van der Waals surface area (Å²) in [5.74, 6) is 0. The van der Waals surface area contributed by atoms with Gasteiger partial charge in [-0.15, -0.1) is 0 Å². The van der Waals surface area contributed by atoms with Gasteiger partial charge in [-0.2, -0.15) is 0 Å². The number of hydrogen-bond acceptors (Lipinski definition) is 3. The van der Waals surface area contributed by atoms with E-state index in [0.29, 0.717) is 6.61 Å². The van der Waals surface area contributed by atoms with Gasteiger partial charge in [-0.25, -0.2) is 0 Å². The van der Waals surface area contributed by atoms with E-state index in [0.717, 1.165) is 13.0 Å². The van der Waals surface area contributed by atoms with E-state index >= 15 is 0 Å². The second-order valence-corrected chi connectivity index (χ2v) is 4.78. The number of aliphatic hydroxyl groups is 1. The maximum absolute atomic E-state index is 8.69. The average molecular weight is 230 g/mol. The Morgan fingerprint density at radius 1 is 0.812 bits per heavy atom. The van der Waals surface area contributed by atoms with E-state index in [2.05, 4.69) is 30.8 Å². The Bertz CT molecular complexity index is 140. The molecule has 16 heavy (non-hydrogen) atoms. The van der Waals surface area contributed by atoms with Crippen molar-refractivity contribution in [1.82, 2.24) is 9.80 Å². The minimum absolute atomic E-state index is 0.347. The second kappa shape index (κ2) is 11.4. The fourth-order valence-electron chi connectivity index (χ4n) is 1.79. The molecule has 0 rings (SSSR count). The summed E-state index contributed by atoms with van der Waals surface area (Å²) in [7, 11) is 4.26. The van der Waals surface area contributed by atoms with Gasteiger partial charge in [0.05, 0.1) is 0 Å². The van der Waals surface area contributed by atoms with Gasteiger partial charge in [-0.3, -0.25) is 0 Å². The average Bonchev–Trinajstić information content (AvgIpc) is 2.25. The Morgan fingerprint density at radius 2 is 1.50 bits per heavy atom.